The third-order valence-electron chi connectivity index (χ3n) is 3.89. The van der Waals surface area contributed by atoms with Gasteiger partial charge in [-0.3, -0.25) is 13.9 Å². The van der Waals surface area contributed by atoms with E-state index in [-0.39, 0.29) is 15.9 Å². The normalized spacial score (nSPS) is 12.5. The molecule has 0 aliphatic heterocycles. The molecule has 0 fully saturated rings. The molecule has 3 heterocycles. The van der Waals surface area contributed by atoms with Crippen LogP contribution >= 0.6 is 0 Å². The monoisotopic (exact) mass is 419 g/mol. The smallest absolute Gasteiger partial charge is 0.268 e. The minimum Gasteiger partial charge on any atom is -0.268 e. The number of hydrogen-bond donors (Lipinski definition) is 0. The maximum atomic E-state index is 13.5. The first-order valence-electron chi connectivity index (χ1n) is 7.66. The Morgan fingerprint density at radius 2 is 1.90 bits per heavy atom. The first-order chi connectivity index (χ1) is 13.4. The van der Waals surface area contributed by atoms with Crippen molar-refractivity contribution in [3.63, 3.8) is 0 Å². The molecule has 0 saturated heterocycles. The Kier molecular flexibility index (Phi) is 4.81. The molecule has 0 aliphatic rings. The van der Waals surface area contributed by atoms with Crippen LogP contribution in [0.1, 0.15) is 17.7 Å². The number of pyridine rings is 1. The molecule has 3 aromatic rings. The molecule has 13 heteroatoms. The fourth-order valence-corrected chi connectivity index (χ4v) is 2.53. The van der Waals surface area contributed by atoms with Gasteiger partial charge in [-0.2, -0.15) is 32.3 Å². The van der Waals surface area contributed by atoms with Crippen molar-refractivity contribution in [1.82, 2.24) is 19.2 Å². The Labute approximate surface area is 156 Å². The van der Waals surface area contributed by atoms with Crippen LogP contribution in [0.5, 0.6) is 0 Å². The molecule has 152 valence electrons. The Morgan fingerprint density at radius 3 is 2.48 bits per heavy atom. The number of aromatic nitrogens is 4. The van der Waals surface area contributed by atoms with Gasteiger partial charge in [-0.05, 0) is 12.1 Å². The molecule has 3 aromatic heterocycles. The fourth-order valence-electron chi connectivity index (χ4n) is 2.53. The third-order valence-corrected chi connectivity index (χ3v) is 3.89. The second-order valence-corrected chi connectivity index (χ2v) is 5.86. The molecule has 0 aromatic carbocycles. The summed E-state index contributed by atoms with van der Waals surface area (Å²) in [5.74, 6) is -5.12. The first kappa shape index (κ1) is 20.3. The van der Waals surface area contributed by atoms with E-state index in [2.05, 4.69) is 10.1 Å². The van der Waals surface area contributed by atoms with E-state index < -0.39 is 47.4 Å². The summed E-state index contributed by atoms with van der Waals surface area (Å²) < 4.78 is 91.4. The van der Waals surface area contributed by atoms with E-state index >= 15 is 0 Å². The van der Waals surface area contributed by atoms with Crippen molar-refractivity contribution in [3.8, 4) is 17.2 Å². The molecular weight excluding hydrogens is 411 g/mol. The molecule has 0 spiro atoms. The predicted octanol–water partition coefficient (Wildman–Crippen LogP) is 3.56. The van der Waals surface area contributed by atoms with Crippen molar-refractivity contribution in [1.29, 1.82) is 5.26 Å². The van der Waals surface area contributed by atoms with Gasteiger partial charge in [-0.25, -0.2) is 13.8 Å². The zero-order chi connectivity index (χ0) is 21.6. The average molecular weight is 419 g/mol. The Hall–Kier alpha value is -3.43. The zero-order valence-electron chi connectivity index (χ0n) is 14.0. The molecule has 0 amide bonds. The van der Waals surface area contributed by atoms with Gasteiger partial charge in [-0.15, -0.1) is 0 Å². The lowest BCUT2D eigenvalue weighted by molar-refractivity contribution is -0.287. The molecule has 6 nitrogen and oxygen atoms in total. The van der Waals surface area contributed by atoms with Gasteiger partial charge in [0.05, 0.1) is 23.4 Å². The highest BCUT2D eigenvalue weighted by Crippen LogP contribution is 2.37. The molecule has 0 bridgehead atoms. The SMILES string of the molecule is N#Cc1ccn2c(=O)c(-c3cnn(CC(F)(F)C(F)(F)F)c3)c(C(F)F)nc2c1. The lowest BCUT2D eigenvalue weighted by Crippen LogP contribution is -2.40. The van der Waals surface area contributed by atoms with Crippen molar-refractivity contribution in [2.45, 2.75) is 25.1 Å². The lowest BCUT2D eigenvalue weighted by Gasteiger charge is -2.19. The second-order valence-electron chi connectivity index (χ2n) is 5.86. The summed E-state index contributed by atoms with van der Waals surface area (Å²) >= 11 is 0. The Morgan fingerprint density at radius 1 is 1.21 bits per heavy atom. The summed E-state index contributed by atoms with van der Waals surface area (Å²) in [6, 6.07) is 4.06. The van der Waals surface area contributed by atoms with Crippen LogP contribution < -0.4 is 5.56 Å². The number of hydrogen-bond acceptors (Lipinski definition) is 4. The van der Waals surface area contributed by atoms with Crippen molar-refractivity contribution in [2.24, 2.45) is 0 Å². The molecule has 0 atom stereocenters. The molecular formula is C16H8F7N5O. The largest absolute Gasteiger partial charge is 0.455 e. The average Bonchev–Trinajstić information content (AvgIpc) is 3.07. The van der Waals surface area contributed by atoms with Crippen molar-refractivity contribution < 1.29 is 30.7 Å². The summed E-state index contributed by atoms with van der Waals surface area (Å²) in [5.41, 5.74) is -3.38. The number of rotatable bonds is 4. The quantitative estimate of drug-likeness (QED) is 0.606. The van der Waals surface area contributed by atoms with Gasteiger partial charge < -0.3 is 0 Å². The van der Waals surface area contributed by atoms with E-state index in [1.165, 1.54) is 6.07 Å². The summed E-state index contributed by atoms with van der Waals surface area (Å²) in [5, 5.41) is 12.2. The van der Waals surface area contributed by atoms with Gasteiger partial charge in [0.15, 0.2) is 0 Å². The van der Waals surface area contributed by atoms with Crippen LogP contribution in [0, 0.1) is 11.3 Å². The number of fused-ring (bicyclic) bond motifs is 1. The van der Waals surface area contributed by atoms with Crippen LogP contribution in [-0.2, 0) is 6.54 Å². The minimum atomic E-state index is -5.84. The maximum absolute atomic E-state index is 13.5. The lowest BCUT2D eigenvalue weighted by atomic mass is 10.1. The van der Waals surface area contributed by atoms with E-state index in [9.17, 15) is 35.5 Å². The number of nitrogens with zero attached hydrogens (tertiary/aromatic N) is 5. The van der Waals surface area contributed by atoms with Crippen LogP contribution in [0.4, 0.5) is 30.7 Å². The summed E-state index contributed by atoms with van der Waals surface area (Å²) in [7, 11) is 0. The third kappa shape index (κ3) is 3.65. The van der Waals surface area contributed by atoms with Gasteiger partial charge in [0.25, 0.3) is 12.0 Å². The van der Waals surface area contributed by atoms with Crippen LogP contribution in [-0.4, -0.2) is 31.3 Å². The van der Waals surface area contributed by atoms with Crippen LogP contribution in [0.2, 0.25) is 0 Å². The standard InChI is InChI=1S/C16H8F7N5O/c17-13(18)12-11(14(29)28-2-1-8(4-24)3-10(28)26-12)9-5-25-27(6-9)7-15(19,20)16(21,22)23/h1-3,5-6,13H,7H2. The highest BCUT2D eigenvalue weighted by Gasteiger charge is 2.57. The van der Waals surface area contributed by atoms with E-state index in [4.69, 9.17) is 5.26 Å². The second kappa shape index (κ2) is 6.87. The highest BCUT2D eigenvalue weighted by atomic mass is 19.4. The van der Waals surface area contributed by atoms with Crippen molar-refractivity contribution in [2.75, 3.05) is 0 Å². The molecule has 3 rings (SSSR count). The number of alkyl halides is 7. The van der Waals surface area contributed by atoms with Crippen LogP contribution in [0.3, 0.4) is 0 Å². The molecule has 0 saturated carbocycles. The fraction of sp³-hybridized carbons (Fsp3) is 0.250. The Balaban J connectivity index is 2.14. The van der Waals surface area contributed by atoms with Crippen LogP contribution in [0.25, 0.3) is 16.8 Å². The van der Waals surface area contributed by atoms with Gasteiger partial charge >= 0.3 is 12.1 Å². The first-order valence-corrected chi connectivity index (χ1v) is 7.66. The maximum Gasteiger partial charge on any atom is 0.455 e. The molecule has 0 N–H and O–H groups in total. The summed E-state index contributed by atoms with van der Waals surface area (Å²) in [6.45, 7) is -1.89. The van der Waals surface area contributed by atoms with E-state index in [1.54, 1.807) is 6.07 Å². The van der Waals surface area contributed by atoms with Gasteiger partial charge in [0, 0.05) is 18.0 Å². The molecule has 29 heavy (non-hydrogen) atoms. The topological polar surface area (TPSA) is 76.0 Å². The molecule has 0 radical (unpaired) electrons. The zero-order valence-corrected chi connectivity index (χ0v) is 14.0. The van der Waals surface area contributed by atoms with Crippen molar-refractivity contribution in [3.05, 3.63) is 52.3 Å². The summed E-state index contributed by atoms with van der Waals surface area (Å²) in [6.07, 6.45) is -6.67. The number of halogens is 7. The van der Waals surface area contributed by atoms with Crippen LogP contribution in [0.15, 0.2) is 35.5 Å². The van der Waals surface area contributed by atoms with E-state index in [1.807, 2.05) is 0 Å². The van der Waals surface area contributed by atoms with E-state index in [0.29, 0.717) is 12.4 Å². The summed E-state index contributed by atoms with van der Waals surface area (Å²) in [4.78, 5) is 16.3. The number of nitriles is 1. The van der Waals surface area contributed by atoms with Gasteiger partial charge in [0.2, 0.25) is 0 Å². The van der Waals surface area contributed by atoms with Crippen molar-refractivity contribution >= 4 is 5.65 Å². The predicted molar refractivity (Wildman–Crippen MR) is 83.4 cm³/mol. The molecule has 0 aliphatic carbocycles. The van der Waals surface area contributed by atoms with E-state index in [0.717, 1.165) is 16.7 Å². The minimum absolute atomic E-state index is 0.0482. The highest BCUT2D eigenvalue weighted by molar-refractivity contribution is 5.66. The molecule has 0 unspecified atom stereocenters. The Bertz CT molecular complexity index is 1170. The van der Waals surface area contributed by atoms with Gasteiger partial charge in [-0.1, -0.05) is 0 Å². The van der Waals surface area contributed by atoms with Gasteiger partial charge in [0.1, 0.15) is 17.9 Å².